The predicted octanol–water partition coefficient (Wildman–Crippen LogP) is 1.88. The predicted molar refractivity (Wildman–Crippen MR) is 51.1 cm³/mol. The van der Waals surface area contributed by atoms with Crippen LogP contribution in [0.4, 0.5) is 0 Å². The quantitative estimate of drug-likeness (QED) is 0.646. The second-order valence-corrected chi connectivity index (χ2v) is 4.83. The smallest absolute Gasteiger partial charge is 0.0186 e. The van der Waals surface area contributed by atoms with Crippen molar-refractivity contribution in [3.63, 3.8) is 0 Å². The van der Waals surface area contributed by atoms with Gasteiger partial charge in [-0.25, -0.2) is 0 Å². The zero-order valence-electron chi connectivity index (χ0n) is 7.01. The monoisotopic (exact) mass is 171 g/mol. The van der Waals surface area contributed by atoms with Gasteiger partial charge in [0.05, 0.1) is 0 Å². The molecule has 1 aliphatic carbocycles. The molecule has 1 saturated heterocycles. The van der Waals surface area contributed by atoms with Gasteiger partial charge in [0.25, 0.3) is 0 Å². The van der Waals surface area contributed by atoms with Crippen LogP contribution in [0.5, 0.6) is 0 Å². The van der Waals surface area contributed by atoms with E-state index >= 15 is 0 Å². The van der Waals surface area contributed by atoms with Crippen molar-refractivity contribution in [2.24, 2.45) is 5.92 Å². The normalized spacial score (nSPS) is 34.4. The molecule has 1 unspecified atom stereocenters. The Morgan fingerprint density at radius 3 is 2.64 bits per heavy atom. The largest absolute Gasteiger partial charge is 0.312 e. The molecule has 1 heterocycles. The third-order valence-corrected chi connectivity index (χ3v) is 4.01. The first-order valence-corrected chi connectivity index (χ1v) is 5.93. The lowest BCUT2D eigenvalue weighted by atomic mass is 10.00. The minimum atomic E-state index is 0.858. The van der Waals surface area contributed by atoms with E-state index in [1.807, 2.05) is 0 Å². The Hall–Kier alpha value is 0.310. The second-order valence-electron chi connectivity index (χ2n) is 3.68. The van der Waals surface area contributed by atoms with Gasteiger partial charge in [0, 0.05) is 24.1 Å². The number of hydrogen-bond donors (Lipinski definition) is 1. The van der Waals surface area contributed by atoms with Crippen LogP contribution in [0.25, 0.3) is 0 Å². The van der Waals surface area contributed by atoms with Gasteiger partial charge in [-0.15, -0.1) is 0 Å². The van der Waals surface area contributed by atoms with E-state index in [0.717, 1.165) is 12.0 Å². The van der Waals surface area contributed by atoms with Crippen molar-refractivity contribution in [2.75, 3.05) is 18.1 Å². The van der Waals surface area contributed by atoms with E-state index in [4.69, 9.17) is 0 Å². The van der Waals surface area contributed by atoms with Gasteiger partial charge in [0.15, 0.2) is 0 Å². The average molecular weight is 171 g/mol. The molecule has 0 amide bonds. The molecule has 0 aromatic carbocycles. The van der Waals surface area contributed by atoms with Crippen LogP contribution in [0.1, 0.15) is 25.7 Å². The van der Waals surface area contributed by atoms with Crippen LogP contribution in [0.3, 0.4) is 0 Å². The van der Waals surface area contributed by atoms with E-state index in [-0.39, 0.29) is 0 Å². The Bertz CT molecular complexity index is 115. The molecule has 0 radical (unpaired) electrons. The second kappa shape index (κ2) is 3.81. The molecule has 64 valence electrons. The molecule has 2 heteroatoms. The lowest BCUT2D eigenvalue weighted by molar-refractivity contribution is 0.389. The SMILES string of the molecule is C1CCC(C2CSCCN2)C1. The summed E-state index contributed by atoms with van der Waals surface area (Å²) in [5.74, 6) is 3.70. The van der Waals surface area contributed by atoms with Gasteiger partial charge in [-0.3, -0.25) is 0 Å². The minimum absolute atomic E-state index is 0.858. The zero-order chi connectivity index (χ0) is 7.52. The minimum Gasteiger partial charge on any atom is -0.312 e. The van der Waals surface area contributed by atoms with Crippen LogP contribution in [-0.2, 0) is 0 Å². The maximum absolute atomic E-state index is 3.64. The van der Waals surface area contributed by atoms with Crippen LogP contribution < -0.4 is 5.32 Å². The molecule has 0 bridgehead atoms. The van der Waals surface area contributed by atoms with E-state index in [9.17, 15) is 0 Å². The van der Waals surface area contributed by atoms with Gasteiger partial charge in [-0.05, 0) is 18.8 Å². The van der Waals surface area contributed by atoms with Crippen molar-refractivity contribution in [2.45, 2.75) is 31.7 Å². The highest BCUT2D eigenvalue weighted by Gasteiger charge is 2.25. The molecule has 2 rings (SSSR count). The first-order valence-electron chi connectivity index (χ1n) is 4.78. The van der Waals surface area contributed by atoms with Gasteiger partial charge in [0.1, 0.15) is 0 Å². The Labute approximate surface area is 73.3 Å². The van der Waals surface area contributed by atoms with Gasteiger partial charge < -0.3 is 5.32 Å². The first kappa shape index (κ1) is 7.93. The lowest BCUT2D eigenvalue weighted by Gasteiger charge is -2.28. The highest BCUT2D eigenvalue weighted by Crippen LogP contribution is 2.30. The summed E-state index contributed by atoms with van der Waals surface area (Å²) in [7, 11) is 0. The highest BCUT2D eigenvalue weighted by atomic mass is 32.2. The molecule has 0 aromatic rings. The fraction of sp³-hybridized carbons (Fsp3) is 1.00. The summed E-state index contributed by atoms with van der Waals surface area (Å²) < 4.78 is 0. The maximum Gasteiger partial charge on any atom is 0.0186 e. The van der Waals surface area contributed by atoms with Gasteiger partial charge in [-0.1, -0.05) is 12.8 Å². The summed E-state index contributed by atoms with van der Waals surface area (Å²) in [4.78, 5) is 0. The molecule has 11 heavy (non-hydrogen) atoms. The van der Waals surface area contributed by atoms with Crippen LogP contribution >= 0.6 is 11.8 Å². The Morgan fingerprint density at radius 1 is 1.18 bits per heavy atom. The van der Waals surface area contributed by atoms with E-state index in [2.05, 4.69) is 17.1 Å². The van der Waals surface area contributed by atoms with Crippen molar-refractivity contribution >= 4 is 11.8 Å². The fourth-order valence-electron chi connectivity index (χ4n) is 2.25. The summed E-state index contributed by atoms with van der Waals surface area (Å²) >= 11 is 2.13. The van der Waals surface area contributed by atoms with Crippen LogP contribution in [0.15, 0.2) is 0 Å². The van der Waals surface area contributed by atoms with Crippen molar-refractivity contribution in [3.8, 4) is 0 Å². The van der Waals surface area contributed by atoms with Crippen LogP contribution in [-0.4, -0.2) is 24.1 Å². The zero-order valence-corrected chi connectivity index (χ0v) is 7.83. The summed E-state index contributed by atoms with van der Waals surface area (Å²) in [6.45, 7) is 1.24. The van der Waals surface area contributed by atoms with Crippen LogP contribution in [0, 0.1) is 5.92 Å². The summed E-state index contributed by atoms with van der Waals surface area (Å²) in [5.41, 5.74) is 0. The molecule has 1 aliphatic heterocycles. The topological polar surface area (TPSA) is 12.0 Å². The van der Waals surface area contributed by atoms with Crippen molar-refractivity contribution in [1.82, 2.24) is 5.32 Å². The third-order valence-electron chi connectivity index (χ3n) is 2.92. The van der Waals surface area contributed by atoms with E-state index in [0.29, 0.717) is 0 Å². The van der Waals surface area contributed by atoms with Gasteiger partial charge in [-0.2, -0.15) is 11.8 Å². The molecule has 0 aromatic heterocycles. The Kier molecular flexibility index (Phi) is 2.75. The van der Waals surface area contributed by atoms with E-state index < -0.39 is 0 Å². The number of nitrogens with one attached hydrogen (secondary N) is 1. The molecular weight excluding hydrogens is 154 g/mol. The number of thioether (sulfide) groups is 1. The van der Waals surface area contributed by atoms with E-state index in [1.165, 1.54) is 43.7 Å². The number of hydrogen-bond acceptors (Lipinski definition) is 2. The van der Waals surface area contributed by atoms with Crippen molar-refractivity contribution in [3.05, 3.63) is 0 Å². The third kappa shape index (κ3) is 1.91. The average Bonchev–Trinajstić information content (AvgIpc) is 2.58. The Balaban J connectivity index is 1.82. The van der Waals surface area contributed by atoms with Gasteiger partial charge in [0.2, 0.25) is 0 Å². The molecule has 1 nitrogen and oxygen atoms in total. The summed E-state index contributed by atoms with van der Waals surface area (Å²) in [5, 5.41) is 3.64. The molecule has 1 atom stereocenters. The standard InChI is InChI=1S/C9H17NS/c1-2-4-8(3-1)9-7-11-6-5-10-9/h8-10H,1-7H2. The first-order chi connectivity index (χ1) is 5.47. The van der Waals surface area contributed by atoms with Gasteiger partial charge >= 0.3 is 0 Å². The lowest BCUT2D eigenvalue weighted by Crippen LogP contribution is -2.41. The van der Waals surface area contributed by atoms with Crippen molar-refractivity contribution in [1.29, 1.82) is 0 Å². The molecule has 2 fully saturated rings. The molecule has 2 aliphatic rings. The Morgan fingerprint density at radius 2 is 2.00 bits per heavy atom. The highest BCUT2D eigenvalue weighted by molar-refractivity contribution is 7.99. The molecular formula is C9H17NS. The van der Waals surface area contributed by atoms with Crippen molar-refractivity contribution < 1.29 is 0 Å². The number of rotatable bonds is 1. The summed E-state index contributed by atoms with van der Waals surface area (Å²) in [6.07, 6.45) is 5.93. The summed E-state index contributed by atoms with van der Waals surface area (Å²) in [6, 6.07) is 0.858. The molecule has 0 spiro atoms. The fourth-order valence-corrected chi connectivity index (χ4v) is 3.32. The molecule has 1 N–H and O–H groups in total. The molecule has 1 saturated carbocycles. The van der Waals surface area contributed by atoms with Crippen LogP contribution in [0.2, 0.25) is 0 Å². The maximum atomic E-state index is 3.64. The van der Waals surface area contributed by atoms with E-state index in [1.54, 1.807) is 0 Å².